The Morgan fingerprint density at radius 3 is 3.00 bits per heavy atom. The van der Waals surface area contributed by atoms with Crippen LogP contribution in [0.4, 0.5) is 4.39 Å². The van der Waals surface area contributed by atoms with Gasteiger partial charge in [-0.3, -0.25) is 4.98 Å². The largest absolute Gasteiger partial charge is 0.323 e. The van der Waals surface area contributed by atoms with E-state index in [0.717, 1.165) is 12.1 Å². The molecule has 0 bridgehead atoms. The summed E-state index contributed by atoms with van der Waals surface area (Å²) in [5, 5.41) is 3.14. The molecule has 0 radical (unpaired) electrons. The van der Waals surface area contributed by atoms with Gasteiger partial charge in [0.15, 0.2) is 0 Å². The van der Waals surface area contributed by atoms with Crippen LogP contribution in [0, 0.1) is 5.82 Å². The highest BCUT2D eigenvalue weighted by atomic mass is 79.9. The monoisotopic (exact) mass is 271 g/mol. The van der Waals surface area contributed by atoms with E-state index in [-0.39, 0.29) is 11.9 Å². The molecule has 3 nitrogen and oxygen atoms in total. The number of aromatic nitrogens is 1. The van der Waals surface area contributed by atoms with E-state index in [1.807, 2.05) is 6.08 Å². The molecular weight excluding hydrogens is 261 g/mol. The van der Waals surface area contributed by atoms with Gasteiger partial charge in [-0.2, -0.15) is 0 Å². The average Bonchev–Trinajstić information content (AvgIpc) is 2.17. The van der Waals surface area contributed by atoms with Crippen molar-refractivity contribution in [2.75, 3.05) is 13.1 Å². The number of hydrogen-bond donors (Lipinski definition) is 2. The highest BCUT2D eigenvalue weighted by molar-refractivity contribution is 9.10. The molecule has 0 fully saturated rings. The van der Waals surface area contributed by atoms with Crippen LogP contribution >= 0.6 is 15.9 Å². The molecule has 1 aromatic rings. The fourth-order valence-corrected chi connectivity index (χ4v) is 2.20. The van der Waals surface area contributed by atoms with E-state index in [0.29, 0.717) is 16.6 Å². The normalized spacial score (nSPS) is 21.3. The van der Waals surface area contributed by atoms with E-state index in [1.165, 1.54) is 6.20 Å². The topological polar surface area (TPSA) is 50.9 Å². The Kier molecular flexibility index (Phi) is 3.14. The summed E-state index contributed by atoms with van der Waals surface area (Å²) in [5.41, 5.74) is 7.19. The maximum Gasteiger partial charge on any atom is 0.150 e. The third-order valence-corrected chi connectivity index (χ3v) is 2.89. The van der Waals surface area contributed by atoms with Crippen LogP contribution in [0.15, 0.2) is 22.9 Å². The molecule has 0 aliphatic carbocycles. The Balaban J connectivity index is 2.45. The van der Waals surface area contributed by atoms with E-state index in [1.54, 1.807) is 6.20 Å². The smallest absolute Gasteiger partial charge is 0.150 e. The van der Waals surface area contributed by atoms with Crippen molar-refractivity contribution in [2.45, 2.75) is 6.04 Å². The first-order valence-corrected chi connectivity index (χ1v) is 5.44. The third-order valence-electron chi connectivity index (χ3n) is 2.29. The van der Waals surface area contributed by atoms with E-state index in [9.17, 15) is 4.39 Å². The Morgan fingerprint density at radius 1 is 1.53 bits per heavy atom. The van der Waals surface area contributed by atoms with E-state index >= 15 is 0 Å². The molecule has 0 amide bonds. The highest BCUT2D eigenvalue weighted by Gasteiger charge is 2.16. The number of pyridine rings is 1. The Labute approximate surface area is 95.7 Å². The molecule has 0 saturated heterocycles. The molecule has 0 aromatic carbocycles. The van der Waals surface area contributed by atoms with Crippen LogP contribution in [0.25, 0.3) is 5.57 Å². The summed E-state index contributed by atoms with van der Waals surface area (Å²) in [6, 6.07) is -0.0618. The van der Waals surface area contributed by atoms with Gasteiger partial charge in [-0.05, 0) is 21.5 Å². The second-order valence-corrected chi connectivity index (χ2v) is 4.32. The lowest BCUT2D eigenvalue weighted by Crippen LogP contribution is -2.37. The molecule has 1 atom stereocenters. The molecule has 1 aromatic heterocycles. The molecular formula is C10H11BrFN3. The molecule has 5 heteroatoms. The van der Waals surface area contributed by atoms with Gasteiger partial charge in [0.05, 0.1) is 6.20 Å². The Hall–Kier alpha value is -0.780. The zero-order valence-corrected chi connectivity index (χ0v) is 9.59. The fraction of sp³-hybridized carbons (Fsp3) is 0.300. The zero-order valence-electron chi connectivity index (χ0n) is 8.00. The number of nitrogens with one attached hydrogen (secondary N) is 1. The van der Waals surface area contributed by atoms with Crippen molar-refractivity contribution < 1.29 is 4.39 Å². The van der Waals surface area contributed by atoms with Crippen molar-refractivity contribution in [3.63, 3.8) is 0 Å². The summed E-state index contributed by atoms with van der Waals surface area (Å²) >= 11 is 3.29. The van der Waals surface area contributed by atoms with Crippen LogP contribution in [0.2, 0.25) is 0 Å². The SMILES string of the molecule is NC1C=C(c2c(F)cncc2Br)CNC1. The average molecular weight is 272 g/mol. The lowest BCUT2D eigenvalue weighted by molar-refractivity contribution is 0.610. The van der Waals surface area contributed by atoms with Crippen LogP contribution in [0.5, 0.6) is 0 Å². The van der Waals surface area contributed by atoms with Crippen LogP contribution in [-0.2, 0) is 0 Å². The summed E-state index contributed by atoms with van der Waals surface area (Å²) in [7, 11) is 0. The van der Waals surface area contributed by atoms with Gasteiger partial charge in [0.25, 0.3) is 0 Å². The predicted molar refractivity (Wildman–Crippen MR) is 60.7 cm³/mol. The van der Waals surface area contributed by atoms with Gasteiger partial charge < -0.3 is 11.1 Å². The molecule has 15 heavy (non-hydrogen) atoms. The van der Waals surface area contributed by atoms with Crippen LogP contribution in [0.1, 0.15) is 5.56 Å². The molecule has 1 aliphatic heterocycles. The second-order valence-electron chi connectivity index (χ2n) is 3.46. The summed E-state index contributed by atoms with van der Waals surface area (Å²) in [6.07, 6.45) is 4.68. The van der Waals surface area contributed by atoms with Crippen LogP contribution in [-0.4, -0.2) is 24.1 Å². The van der Waals surface area contributed by atoms with Crippen molar-refractivity contribution >= 4 is 21.5 Å². The second kappa shape index (κ2) is 4.38. The highest BCUT2D eigenvalue weighted by Crippen LogP contribution is 2.26. The van der Waals surface area contributed by atoms with Crippen molar-refractivity contribution in [3.8, 4) is 0 Å². The third kappa shape index (κ3) is 2.25. The molecule has 1 unspecified atom stereocenters. The maximum atomic E-state index is 13.6. The van der Waals surface area contributed by atoms with E-state index < -0.39 is 0 Å². The summed E-state index contributed by atoms with van der Waals surface area (Å²) in [6.45, 7) is 1.36. The van der Waals surface area contributed by atoms with Crippen molar-refractivity contribution in [1.82, 2.24) is 10.3 Å². The molecule has 0 saturated carbocycles. The molecule has 2 heterocycles. The minimum atomic E-state index is -0.327. The number of halogens is 2. The number of nitrogens with two attached hydrogens (primary N) is 1. The first kappa shape index (κ1) is 10.7. The fourth-order valence-electron chi connectivity index (χ4n) is 1.64. The lowest BCUT2D eigenvalue weighted by Gasteiger charge is -2.20. The van der Waals surface area contributed by atoms with Crippen LogP contribution < -0.4 is 11.1 Å². The molecule has 1 aliphatic rings. The van der Waals surface area contributed by atoms with E-state index in [2.05, 4.69) is 26.2 Å². The maximum absolute atomic E-state index is 13.6. The van der Waals surface area contributed by atoms with E-state index in [4.69, 9.17) is 5.73 Å². The van der Waals surface area contributed by atoms with Gasteiger partial charge in [-0.25, -0.2) is 4.39 Å². The van der Waals surface area contributed by atoms with Crippen molar-refractivity contribution in [2.24, 2.45) is 5.73 Å². The molecule has 2 rings (SSSR count). The van der Waals surface area contributed by atoms with Gasteiger partial charge in [-0.1, -0.05) is 6.08 Å². The zero-order chi connectivity index (χ0) is 10.8. The van der Waals surface area contributed by atoms with Gasteiger partial charge in [0, 0.05) is 35.4 Å². The Bertz CT molecular complexity index is 385. The van der Waals surface area contributed by atoms with Gasteiger partial charge in [0.1, 0.15) is 5.82 Å². The number of nitrogens with zero attached hydrogens (tertiary/aromatic N) is 1. The standard InChI is InChI=1S/C10H11BrFN3/c11-8-4-15-5-9(12)10(8)6-1-7(13)3-14-2-6/h1,4-5,7,14H,2-3,13H2. The number of rotatable bonds is 1. The summed E-state index contributed by atoms with van der Waals surface area (Å²) in [4.78, 5) is 3.76. The first-order chi connectivity index (χ1) is 7.18. The van der Waals surface area contributed by atoms with Crippen molar-refractivity contribution in [3.05, 3.63) is 34.3 Å². The minimum Gasteiger partial charge on any atom is -0.323 e. The molecule has 3 N–H and O–H groups in total. The van der Waals surface area contributed by atoms with Crippen molar-refractivity contribution in [1.29, 1.82) is 0 Å². The quantitative estimate of drug-likeness (QED) is 0.810. The van der Waals surface area contributed by atoms with Crippen LogP contribution in [0.3, 0.4) is 0 Å². The minimum absolute atomic E-state index is 0.0618. The molecule has 80 valence electrons. The van der Waals surface area contributed by atoms with Gasteiger partial charge in [0.2, 0.25) is 0 Å². The first-order valence-electron chi connectivity index (χ1n) is 4.65. The van der Waals surface area contributed by atoms with Gasteiger partial charge in [-0.15, -0.1) is 0 Å². The summed E-state index contributed by atoms with van der Waals surface area (Å²) in [5.74, 6) is -0.327. The predicted octanol–water partition coefficient (Wildman–Crippen LogP) is 1.30. The Morgan fingerprint density at radius 2 is 2.33 bits per heavy atom. The molecule has 0 spiro atoms. The summed E-state index contributed by atoms with van der Waals surface area (Å²) < 4.78 is 14.2. The van der Waals surface area contributed by atoms with Gasteiger partial charge >= 0.3 is 0 Å². The number of hydrogen-bond acceptors (Lipinski definition) is 3. The lowest BCUT2D eigenvalue weighted by atomic mass is 10.0.